The lowest BCUT2D eigenvalue weighted by molar-refractivity contribution is 0.00474. The summed E-state index contributed by atoms with van der Waals surface area (Å²) in [6.07, 6.45) is 4.20. The fourth-order valence-corrected chi connectivity index (χ4v) is 7.47. The van der Waals surface area contributed by atoms with Gasteiger partial charge >= 0.3 is 11.9 Å². The summed E-state index contributed by atoms with van der Waals surface area (Å²) in [5.41, 5.74) is 5.70. The summed E-state index contributed by atoms with van der Waals surface area (Å²) < 4.78 is 38.5. The van der Waals surface area contributed by atoms with Crippen molar-refractivity contribution in [2.75, 3.05) is 46.7 Å². The predicted octanol–water partition coefficient (Wildman–Crippen LogP) is 5.95. The van der Waals surface area contributed by atoms with Crippen molar-refractivity contribution >= 4 is 22.1 Å². The van der Waals surface area contributed by atoms with E-state index in [1.165, 1.54) is 42.7 Å². The van der Waals surface area contributed by atoms with Crippen LogP contribution >= 0.6 is 0 Å². The second kappa shape index (κ2) is 19.3. The van der Waals surface area contributed by atoms with Gasteiger partial charge in [0.1, 0.15) is 11.8 Å². The Bertz CT molecular complexity index is 2170. The Balaban J connectivity index is 0.000000160. The maximum Gasteiger partial charge on any atom is 0.358 e. The Hall–Kier alpha value is -5.93. The van der Waals surface area contributed by atoms with Crippen LogP contribution in [0.5, 0.6) is 0 Å². The molecule has 0 radical (unpaired) electrons. The number of H-pyrrole nitrogens is 1. The van der Waals surface area contributed by atoms with Crippen LogP contribution in [-0.2, 0) is 23.8 Å². The Labute approximate surface area is 332 Å². The smallest absolute Gasteiger partial charge is 0.358 e. The Kier molecular flexibility index (Phi) is 13.8. The van der Waals surface area contributed by atoms with Crippen molar-refractivity contribution in [3.8, 4) is 0 Å². The van der Waals surface area contributed by atoms with E-state index >= 15 is 0 Å². The van der Waals surface area contributed by atoms with E-state index in [1.54, 1.807) is 12.1 Å². The average Bonchev–Trinajstić information content (AvgIpc) is 3.93. The molecule has 0 saturated carbocycles. The molecule has 2 fully saturated rings. The van der Waals surface area contributed by atoms with Crippen LogP contribution < -0.4 is 0 Å². The third-order valence-electron chi connectivity index (χ3n) is 9.55. The van der Waals surface area contributed by atoms with Gasteiger partial charge in [0.15, 0.2) is 5.69 Å². The van der Waals surface area contributed by atoms with Gasteiger partial charge in [-0.3, -0.25) is 23.8 Å². The number of ether oxygens (including phenoxy) is 2. The minimum atomic E-state index is -3.39. The lowest BCUT2D eigenvalue weighted by Crippen LogP contribution is -2.54. The largest absolute Gasteiger partial charge is 0.464 e. The standard InChI is InChI=1S/C21H21N3O2.C17H19NO3S.C5H6N2O2/c1-26-21(25)19-12-13-24(22-19)18-14-23(15-18)20(16-8-4-2-5-9-16)17-10-6-3-7-11-17;1-22(19,20)21-16-12-18(13-16)17(14-8-4-2-5-9-14)15-10-6-3-7-11-15;1-9-5(8)4-2-3-6-7-4/h2-13,18,20H,14-15H2,1H3;2-11,16-17H,12-13H2,1H3;2-3H,1H3,(H,6,7). The molecule has 0 unspecified atom stereocenters. The van der Waals surface area contributed by atoms with Crippen LogP contribution in [-0.4, -0.2) is 103 Å². The summed E-state index contributed by atoms with van der Waals surface area (Å²) in [5, 5.41) is 10.4. The lowest BCUT2D eigenvalue weighted by atomic mass is 9.93. The molecule has 296 valence electrons. The second-order valence-corrected chi connectivity index (χ2v) is 15.2. The number of carbonyl (C=O) groups excluding carboxylic acids is 2. The van der Waals surface area contributed by atoms with Gasteiger partial charge in [-0.15, -0.1) is 0 Å². The van der Waals surface area contributed by atoms with Gasteiger partial charge in [-0.1, -0.05) is 121 Å². The van der Waals surface area contributed by atoms with E-state index in [2.05, 4.69) is 103 Å². The van der Waals surface area contributed by atoms with E-state index in [0.717, 1.165) is 19.3 Å². The molecule has 4 aromatic carbocycles. The maximum absolute atomic E-state index is 11.6. The zero-order valence-electron chi connectivity index (χ0n) is 32.0. The van der Waals surface area contributed by atoms with E-state index in [9.17, 15) is 18.0 Å². The number of likely N-dealkylation sites (tertiary alicyclic amines) is 2. The quantitative estimate of drug-likeness (QED) is 0.123. The summed E-state index contributed by atoms with van der Waals surface area (Å²) in [5.74, 6) is -0.793. The van der Waals surface area contributed by atoms with Crippen LogP contribution in [0.4, 0.5) is 0 Å². The number of nitrogens with zero attached hydrogens (tertiary/aromatic N) is 5. The molecule has 0 amide bonds. The minimum absolute atomic E-state index is 0.127. The summed E-state index contributed by atoms with van der Waals surface area (Å²) in [7, 11) is -0.695. The van der Waals surface area contributed by atoms with E-state index < -0.39 is 22.1 Å². The number of hydrogen-bond acceptors (Lipinski definition) is 11. The predicted molar refractivity (Wildman–Crippen MR) is 215 cm³/mol. The number of methoxy groups -OCH3 is 2. The van der Waals surface area contributed by atoms with E-state index in [0.29, 0.717) is 24.5 Å². The molecule has 57 heavy (non-hydrogen) atoms. The summed E-state index contributed by atoms with van der Waals surface area (Å²) in [4.78, 5) is 26.8. The fourth-order valence-electron chi connectivity index (χ4n) is 6.86. The van der Waals surface area contributed by atoms with Crippen molar-refractivity contribution in [1.29, 1.82) is 0 Å². The number of aromatic nitrogens is 4. The highest BCUT2D eigenvalue weighted by molar-refractivity contribution is 7.86. The third-order valence-corrected chi connectivity index (χ3v) is 10.2. The van der Waals surface area contributed by atoms with Gasteiger partial charge in [0.05, 0.1) is 38.6 Å². The van der Waals surface area contributed by atoms with Gasteiger partial charge in [0.2, 0.25) is 0 Å². The topological polar surface area (TPSA) is 149 Å². The Morgan fingerprint density at radius 2 is 1.09 bits per heavy atom. The zero-order valence-corrected chi connectivity index (χ0v) is 32.8. The molecule has 0 aliphatic carbocycles. The monoisotopic (exact) mass is 790 g/mol. The lowest BCUT2D eigenvalue weighted by Gasteiger charge is -2.44. The van der Waals surface area contributed by atoms with Crippen molar-refractivity contribution in [3.05, 3.63) is 179 Å². The van der Waals surface area contributed by atoms with E-state index in [1.807, 2.05) is 59.4 Å². The molecule has 2 aliphatic heterocycles. The first-order valence-corrected chi connectivity index (χ1v) is 20.2. The highest BCUT2D eigenvalue weighted by Gasteiger charge is 2.37. The van der Waals surface area contributed by atoms with Crippen LogP contribution in [0.3, 0.4) is 0 Å². The Morgan fingerprint density at radius 1 is 0.649 bits per heavy atom. The first kappa shape index (κ1) is 40.7. The molecular weight excluding hydrogens is 745 g/mol. The van der Waals surface area contributed by atoms with Crippen LogP contribution in [0, 0.1) is 0 Å². The summed E-state index contributed by atoms with van der Waals surface area (Å²) in [6.45, 7) is 3.00. The number of nitrogens with one attached hydrogen (secondary N) is 1. The summed E-state index contributed by atoms with van der Waals surface area (Å²) >= 11 is 0. The molecule has 6 aromatic rings. The highest BCUT2D eigenvalue weighted by Crippen LogP contribution is 2.36. The molecule has 8 rings (SSSR count). The zero-order chi connectivity index (χ0) is 40.2. The van der Waals surface area contributed by atoms with Crippen LogP contribution in [0.2, 0.25) is 0 Å². The van der Waals surface area contributed by atoms with Crippen molar-refractivity contribution in [1.82, 2.24) is 29.8 Å². The van der Waals surface area contributed by atoms with Gasteiger partial charge in [0, 0.05) is 38.6 Å². The molecule has 14 heteroatoms. The van der Waals surface area contributed by atoms with Gasteiger partial charge < -0.3 is 9.47 Å². The molecule has 0 bridgehead atoms. The molecule has 4 heterocycles. The maximum atomic E-state index is 11.6. The molecule has 2 aromatic heterocycles. The summed E-state index contributed by atoms with van der Waals surface area (Å²) in [6, 6.07) is 45.5. The van der Waals surface area contributed by atoms with Crippen LogP contribution in [0.1, 0.15) is 61.4 Å². The number of esters is 2. The molecule has 0 atom stereocenters. The third kappa shape index (κ3) is 10.9. The van der Waals surface area contributed by atoms with Crippen LogP contribution in [0.15, 0.2) is 146 Å². The molecule has 1 N–H and O–H groups in total. The molecule has 13 nitrogen and oxygen atoms in total. The van der Waals surface area contributed by atoms with Crippen molar-refractivity contribution in [2.45, 2.75) is 24.2 Å². The van der Waals surface area contributed by atoms with E-state index in [-0.39, 0.29) is 24.2 Å². The van der Waals surface area contributed by atoms with Crippen molar-refractivity contribution < 1.29 is 31.7 Å². The average molecular weight is 791 g/mol. The minimum Gasteiger partial charge on any atom is -0.464 e. The molecule has 0 spiro atoms. The molecule has 2 saturated heterocycles. The number of carbonyl (C=O) groups is 2. The van der Waals surface area contributed by atoms with Gasteiger partial charge in [-0.05, 0) is 34.4 Å². The molecular formula is C43H46N6O7S. The van der Waals surface area contributed by atoms with Crippen molar-refractivity contribution in [2.24, 2.45) is 0 Å². The second-order valence-electron chi connectivity index (χ2n) is 13.6. The number of benzene rings is 4. The number of hydrogen-bond donors (Lipinski definition) is 1. The van der Waals surface area contributed by atoms with E-state index in [4.69, 9.17) is 8.92 Å². The SMILES string of the molecule is COC(=O)c1ccn(C2CN(C(c3ccccc3)c3ccccc3)C2)n1.COC(=O)c1ccn[nH]1.CS(=O)(=O)OC1CN(C(c2ccccc2)c2ccccc2)C1. The number of aromatic amines is 1. The highest BCUT2D eigenvalue weighted by atomic mass is 32.2. The van der Waals surface area contributed by atoms with Crippen molar-refractivity contribution in [3.63, 3.8) is 0 Å². The normalized spacial score (nSPS) is 14.7. The number of rotatable bonds is 11. The fraction of sp³-hybridized carbons (Fsp3) is 0.256. The van der Waals surface area contributed by atoms with Gasteiger partial charge in [-0.2, -0.15) is 18.6 Å². The van der Waals surface area contributed by atoms with Gasteiger partial charge in [0.25, 0.3) is 10.1 Å². The first-order valence-electron chi connectivity index (χ1n) is 18.4. The van der Waals surface area contributed by atoms with Gasteiger partial charge in [-0.25, -0.2) is 9.59 Å². The Morgan fingerprint density at radius 3 is 1.47 bits per heavy atom. The molecule has 2 aliphatic rings. The first-order chi connectivity index (χ1) is 27.6. The van der Waals surface area contributed by atoms with Crippen LogP contribution in [0.25, 0.3) is 0 Å².